The lowest BCUT2D eigenvalue weighted by molar-refractivity contribution is 0.549. The predicted octanol–water partition coefficient (Wildman–Crippen LogP) is 13.8. The van der Waals surface area contributed by atoms with Crippen LogP contribution in [0.3, 0.4) is 0 Å². The van der Waals surface area contributed by atoms with E-state index in [1.807, 2.05) is 0 Å². The Bertz CT molecular complexity index is 2560. The van der Waals surface area contributed by atoms with Gasteiger partial charge in [-0.1, -0.05) is 140 Å². The second-order valence-corrected chi connectivity index (χ2v) is 16.0. The number of para-hydroxylation sites is 3. The van der Waals surface area contributed by atoms with Gasteiger partial charge in [-0.05, 0) is 129 Å². The van der Waals surface area contributed by atoms with Crippen LogP contribution in [-0.4, -0.2) is 6.54 Å². The van der Waals surface area contributed by atoms with Gasteiger partial charge in [-0.2, -0.15) is 0 Å². The number of benzene rings is 7. The average Bonchev–Trinajstić information content (AvgIpc) is 3.85. The number of fused-ring (bicyclic) bond motifs is 8. The molecule has 0 saturated heterocycles. The number of aryl methyl sites for hydroxylation is 1. The molecule has 2 heterocycles. The molecule has 0 atom stereocenters. The van der Waals surface area contributed by atoms with Gasteiger partial charge in [-0.15, -0.1) is 0 Å². The molecule has 0 radical (unpaired) electrons. The van der Waals surface area contributed by atoms with Gasteiger partial charge in [0.25, 0.3) is 0 Å². The van der Waals surface area contributed by atoms with E-state index in [1.54, 1.807) is 5.56 Å². The summed E-state index contributed by atoms with van der Waals surface area (Å²) in [6.45, 7) is 1.08. The van der Waals surface area contributed by atoms with Crippen molar-refractivity contribution < 1.29 is 0 Å². The monoisotopic (exact) mass is 708 g/mol. The normalized spacial score (nSPS) is 16.1. The molecule has 0 amide bonds. The van der Waals surface area contributed by atoms with Crippen LogP contribution in [0, 0.1) is 0 Å². The fourth-order valence-electron chi connectivity index (χ4n) is 10.2. The lowest BCUT2D eigenvalue weighted by atomic mass is 9.76. The Morgan fingerprint density at radius 2 is 1.00 bits per heavy atom. The first-order valence-electron chi connectivity index (χ1n) is 20.2. The third-order valence-electron chi connectivity index (χ3n) is 12.9. The molecule has 0 N–H and O–H groups in total. The molecule has 0 aromatic heterocycles. The first-order valence-corrected chi connectivity index (χ1v) is 20.2. The molecule has 2 nitrogen and oxygen atoms in total. The molecular formula is C53H44N2. The molecule has 0 unspecified atom stereocenters. The van der Waals surface area contributed by atoms with Crippen LogP contribution in [0.15, 0.2) is 158 Å². The quantitative estimate of drug-likeness (QED) is 0.164. The highest BCUT2D eigenvalue weighted by atomic mass is 15.2. The maximum Gasteiger partial charge on any atom is 0.0497 e. The van der Waals surface area contributed by atoms with E-state index in [4.69, 9.17) is 0 Å². The van der Waals surface area contributed by atoms with Crippen molar-refractivity contribution in [3.8, 4) is 22.3 Å². The van der Waals surface area contributed by atoms with Crippen molar-refractivity contribution in [1.82, 2.24) is 0 Å². The number of rotatable bonds is 5. The fourth-order valence-corrected chi connectivity index (χ4v) is 10.2. The molecule has 1 saturated carbocycles. The summed E-state index contributed by atoms with van der Waals surface area (Å²) in [6, 6.07) is 59.2. The first-order chi connectivity index (χ1) is 27.2. The van der Waals surface area contributed by atoms with Crippen LogP contribution in [0.4, 0.5) is 28.4 Å². The Morgan fingerprint density at radius 1 is 0.455 bits per heavy atom. The van der Waals surface area contributed by atoms with Crippen molar-refractivity contribution in [3.05, 3.63) is 197 Å². The summed E-state index contributed by atoms with van der Waals surface area (Å²) in [5, 5.41) is 0. The Balaban J connectivity index is 0.843. The van der Waals surface area contributed by atoms with Crippen LogP contribution in [-0.2, 0) is 18.3 Å². The average molecular weight is 709 g/mol. The minimum absolute atomic E-state index is 0.123. The minimum Gasteiger partial charge on any atom is -0.341 e. The van der Waals surface area contributed by atoms with Gasteiger partial charge < -0.3 is 9.80 Å². The summed E-state index contributed by atoms with van der Waals surface area (Å²) in [5.41, 5.74) is 21.7. The summed E-state index contributed by atoms with van der Waals surface area (Å²) < 4.78 is 0. The second-order valence-electron chi connectivity index (χ2n) is 16.0. The van der Waals surface area contributed by atoms with Crippen molar-refractivity contribution in [2.24, 2.45) is 0 Å². The lowest BCUT2D eigenvalue weighted by Crippen LogP contribution is -2.25. The van der Waals surface area contributed by atoms with Gasteiger partial charge in [-0.3, -0.25) is 0 Å². The lowest BCUT2D eigenvalue weighted by Gasteiger charge is -2.33. The second kappa shape index (κ2) is 13.0. The molecule has 266 valence electrons. The van der Waals surface area contributed by atoms with Crippen LogP contribution in [0.1, 0.15) is 71.0 Å². The number of anilines is 5. The zero-order valence-corrected chi connectivity index (χ0v) is 31.2. The topological polar surface area (TPSA) is 6.48 Å². The fraction of sp³-hybridized carbons (Fsp3) is 0.170. The zero-order chi connectivity index (χ0) is 36.3. The smallest absolute Gasteiger partial charge is 0.0497 e. The van der Waals surface area contributed by atoms with Crippen LogP contribution in [0.5, 0.6) is 0 Å². The van der Waals surface area contributed by atoms with Crippen molar-refractivity contribution in [2.45, 2.75) is 50.4 Å². The number of nitrogens with zero attached hydrogens (tertiary/aromatic N) is 2. The van der Waals surface area contributed by atoms with E-state index >= 15 is 0 Å². The van der Waals surface area contributed by atoms with Gasteiger partial charge in [0.05, 0.1) is 0 Å². The molecule has 2 aliphatic heterocycles. The zero-order valence-electron chi connectivity index (χ0n) is 31.2. The van der Waals surface area contributed by atoms with Crippen LogP contribution in [0.2, 0.25) is 0 Å². The maximum atomic E-state index is 2.56. The third-order valence-corrected chi connectivity index (χ3v) is 12.9. The van der Waals surface area contributed by atoms with E-state index in [9.17, 15) is 0 Å². The van der Waals surface area contributed by atoms with Crippen molar-refractivity contribution in [1.29, 1.82) is 0 Å². The largest absolute Gasteiger partial charge is 0.341 e. The first kappa shape index (κ1) is 32.3. The Kier molecular flexibility index (Phi) is 7.65. The summed E-state index contributed by atoms with van der Waals surface area (Å²) in [5.74, 6) is 0. The van der Waals surface area contributed by atoms with E-state index in [2.05, 4.69) is 180 Å². The molecule has 7 aromatic carbocycles. The van der Waals surface area contributed by atoms with Crippen LogP contribution in [0.25, 0.3) is 34.4 Å². The van der Waals surface area contributed by atoms with Gasteiger partial charge in [0.15, 0.2) is 0 Å². The number of hydrogen-bond donors (Lipinski definition) is 0. The molecule has 4 aliphatic rings. The molecule has 7 aromatic rings. The van der Waals surface area contributed by atoms with Gasteiger partial charge in [0.2, 0.25) is 0 Å². The van der Waals surface area contributed by atoms with Gasteiger partial charge in [0, 0.05) is 46.8 Å². The highest BCUT2D eigenvalue weighted by Crippen LogP contribution is 2.58. The number of hydrogen-bond acceptors (Lipinski definition) is 2. The summed E-state index contributed by atoms with van der Waals surface area (Å²) >= 11 is 0. The van der Waals surface area contributed by atoms with Crippen LogP contribution >= 0.6 is 0 Å². The standard InChI is InChI=1S/C53H44N2/c1-4-14-50-41(10-1)13-9-33-54(50)45-28-30-47-46-29-21-38(34-48(46)53(49(47)36-45)31-7-8-32-53)18-17-37-19-22-39(23-20-37)40-24-26-44(27-25-40)55-51-15-5-2-11-42(51)35-43-12-3-6-16-52(43)55/h1-6,10-12,14-30,34,36H,7-9,13,31-33,35H2. The summed E-state index contributed by atoms with van der Waals surface area (Å²) in [7, 11) is 0. The van der Waals surface area contributed by atoms with Gasteiger partial charge in [-0.25, -0.2) is 0 Å². The van der Waals surface area contributed by atoms with E-state index < -0.39 is 0 Å². The van der Waals surface area contributed by atoms with E-state index in [0.29, 0.717) is 0 Å². The summed E-state index contributed by atoms with van der Waals surface area (Å²) in [4.78, 5) is 4.97. The van der Waals surface area contributed by atoms with Crippen molar-refractivity contribution >= 4 is 40.6 Å². The Morgan fingerprint density at radius 3 is 1.71 bits per heavy atom. The van der Waals surface area contributed by atoms with E-state index in [0.717, 1.165) is 13.0 Å². The molecule has 55 heavy (non-hydrogen) atoms. The van der Waals surface area contributed by atoms with Gasteiger partial charge >= 0.3 is 0 Å². The maximum absolute atomic E-state index is 2.56. The van der Waals surface area contributed by atoms with Gasteiger partial charge in [0.1, 0.15) is 0 Å². The molecule has 2 aliphatic carbocycles. The van der Waals surface area contributed by atoms with E-state index in [-0.39, 0.29) is 5.41 Å². The van der Waals surface area contributed by atoms with Crippen molar-refractivity contribution in [2.75, 3.05) is 16.3 Å². The van der Waals surface area contributed by atoms with Crippen LogP contribution < -0.4 is 9.80 Å². The molecule has 1 fully saturated rings. The van der Waals surface area contributed by atoms with E-state index in [1.165, 1.54) is 123 Å². The highest BCUT2D eigenvalue weighted by molar-refractivity contribution is 5.87. The predicted molar refractivity (Wildman–Crippen MR) is 231 cm³/mol. The summed E-state index contributed by atoms with van der Waals surface area (Å²) in [6.07, 6.45) is 13.0. The molecule has 2 heteroatoms. The van der Waals surface area contributed by atoms with Crippen molar-refractivity contribution in [3.63, 3.8) is 0 Å². The minimum atomic E-state index is 0.123. The molecule has 0 bridgehead atoms. The highest BCUT2D eigenvalue weighted by Gasteiger charge is 2.45. The SMILES string of the molecule is C(=Cc1ccc2c(c1)C1(CCCC1)c1cc(N3CCCc4ccccc43)ccc1-2)c1ccc(-c2ccc(N3c4ccccc4Cc4ccccc43)cc2)cc1. The molecule has 11 rings (SSSR count). The Hall–Kier alpha value is -6.12. The Labute approximate surface area is 325 Å². The molecule has 1 spiro atoms. The molecular weight excluding hydrogens is 665 g/mol. The third kappa shape index (κ3) is 5.38.